The van der Waals surface area contributed by atoms with Crippen molar-refractivity contribution in [2.24, 2.45) is 0 Å². The van der Waals surface area contributed by atoms with E-state index in [0.717, 1.165) is 49.2 Å². The summed E-state index contributed by atoms with van der Waals surface area (Å²) in [6.07, 6.45) is 3.48. The standard InChI is InChI=1S/C21H19N7O/c29-21-15-20(23-18-6-2-4-10-28(18)21)27-13-11-26(12-14-27)19-8-7-17(24-25-19)16-5-1-3-9-22-16/h1-10,15H,11-14H2. The Kier molecular flexibility index (Phi) is 4.36. The van der Waals surface area contributed by atoms with Crippen molar-refractivity contribution in [2.75, 3.05) is 36.0 Å². The van der Waals surface area contributed by atoms with Gasteiger partial charge in [0.2, 0.25) is 0 Å². The van der Waals surface area contributed by atoms with Crippen LogP contribution in [0.4, 0.5) is 11.6 Å². The second-order valence-corrected chi connectivity index (χ2v) is 6.85. The highest BCUT2D eigenvalue weighted by Crippen LogP contribution is 2.19. The maximum atomic E-state index is 12.3. The van der Waals surface area contributed by atoms with Gasteiger partial charge in [-0.15, -0.1) is 10.2 Å². The summed E-state index contributed by atoms with van der Waals surface area (Å²) in [4.78, 5) is 25.6. The van der Waals surface area contributed by atoms with Crippen molar-refractivity contribution in [3.63, 3.8) is 0 Å². The van der Waals surface area contributed by atoms with E-state index in [4.69, 9.17) is 0 Å². The molecule has 5 rings (SSSR count). The quantitative estimate of drug-likeness (QED) is 0.533. The summed E-state index contributed by atoms with van der Waals surface area (Å²) in [5, 5.41) is 8.70. The van der Waals surface area contributed by atoms with E-state index in [-0.39, 0.29) is 5.56 Å². The van der Waals surface area contributed by atoms with Crippen LogP contribution in [0.25, 0.3) is 17.0 Å². The van der Waals surface area contributed by atoms with Crippen LogP contribution >= 0.6 is 0 Å². The van der Waals surface area contributed by atoms with E-state index in [2.05, 4.69) is 30.0 Å². The van der Waals surface area contributed by atoms with Crippen LogP contribution in [0.15, 0.2) is 71.8 Å². The Morgan fingerprint density at radius 2 is 1.55 bits per heavy atom. The van der Waals surface area contributed by atoms with Crippen molar-refractivity contribution in [1.29, 1.82) is 0 Å². The van der Waals surface area contributed by atoms with Crippen molar-refractivity contribution in [3.8, 4) is 11.4 Å². The third-order valence-corrected chi connectivity index (χ3v) is 5.06. The van der Waals surface area contributed by atoms with Crippen molar-refractivity contribution in [2.45, 2.75) is 0 Å². The minimum absolute atomic E-state index is 0.0657. The van der Waals surface area contributed by atoms with Crippen LogP contribution in [-0.2, 0) is 0 Å². The number of nitrogens with zero attached hydrogens (tertiary/aromatic N) is 7. The molecule has 0 amide bonds. The van der Waals surface area contributed by atoms with Gasteiger partial charge < -0.3 is 9.80 Å². The van der Waals surface area contributed by atoms with E-state index in [9.17, 15) is 4.79 Å². The fourth-order valence-electron chi connectivity index (χ4n) is 3.51. The molecule has 5 heterocycles. The van der Waals surface area contributed by atoms with Crippen molar-refractivity contribution >= 4 is 17.3 Å². The Morgan fingerprint density at radius 1 is 0.759 bits per heavy atom. The lowest BCUT2D eigenvalue weighted by Crippen LogP contribution is -2.47. The van der Waals surface area contributed by atoms with Gasteiger partial charge in [-0.3, -0.25) is 14.2 Å². The number of rotatable bonds is 3. The Hall–Kier alpha value is -3.81. The van der Waals surface area contributed by atoms with Crippen molar-refractivity contribution in [1.82, 2.24) is 24.6 Å². The predicted molar refractivity (Wildman–Crippen MR) is 111 cm³/mol. The molecule has 0 aliphatic carbocycles. The minimum atomic E-state index is -0.0657. The summed E-state index contributed by atoms with van der Waals surface area (Å²) >= 11 is 0. The van der Waals surface area contributed by atoms with Gasteiger partial charge in [-0.25, -0.2) is 4.98 Å². The third kappa shape index (κ3) is 3.40. The topological polar surface area (TPSA) is 79.5 Å². The molecule has 1 fully saturated rings. The molecule has 0 saturated carbocycles. The van der Waals surface area contributed by atoms with Crippen molar-refractivity contribution < 1.29 is 0 Å². The van der Waals surface area contributed by atoms with Gasteiger partial charge in [0.1, 0.15) is 17.2 Å². The summed E-state index contributed by atoms with van der Waals surface area (Å²) < 4.78 is 1.55. The first-order chi connectivity index (χ1) is 14.3. The smallest absolute Gasteiger partial charge is 0.259 e. The average molecular weight is 385 g/mol. The molecule has 0 unspecified atom stereocenters. The molecule has 0 bridgehead atoms. The maximum absolute atomic E-state index is 12.3. The highest BCUT2D eigenvalue weighted by molar-refractivity contribution is 5.55. The maximum Gasteiger partial charge on any atom is 0.259 e. The van der Waals surface area contributed by atoms with Crippen LogP contribution < -0.4 is 15.4 Å². The van der Waals surface area contributed by atoms with E-state index in [1.807, 2.05) is 48.5 Å². The molecule has 1 aliphatic heterocycles. The molecule has 8 nitrogen and oxygen atoms in total. The molecule has 8 heteroatoms. The lowest BCUT2D eigenvalue weighted by atomic mass is 10.2. The van der Waals surface area contributed by atoms with Gasteiger partial charge >= 0.3 is 0 Å². The zero-order valence-electron chi connectivity index (χ0n) is 15.7. The molecular formula is C21H19N7O. The van der Waals surface area contributed by atoms with E-state index >= 15 is 0 Å². The monoisotopic (exact) mass is 385 g/mol. The Bertz CT molecular complexity index is 1180. The zero-order valence-corrected chi connectivity index (χ0v) is 15.7. The van der Waals surface area contributed by atoms with Crippen LogP contribution in [-0.4, -0.2) is 50.7 Å². The summed E-state index contributed by atoms with van der Waals surface area (Å²) in [5.41, 5.74) is 2.16. The minimum Gasteiger partial charge on any atom is -0.353 e. The van der Waals surface area contributed by atoms with Gasteiger partial charge in [0.25, 0.3) is 5.56 Å². The van der Waals surface area contributed by atoms with Crippen LogP contribution in [0.1, 0.15) is 0 Å². The number of aromatic nitrogens is 5. The molecule has 0 atom stereocenters. The van der Waals surface area contributed by atoms with E-state index in [1.54, 1.807) is 22.9 Å². The Morgan fingerprint density at radius 3 is 2.28 bits per heavy atom. The van der Waals surface area contributed by atoms with Crippen molar-refractivity contribution in [3.05, 3.63) is 77.3 Å². The van der Waals surface area contributed by atoms with Crippen LogP contribution in [0, 0.1) is 0 Å². The fraction of sp³-hybridized carbons (Fsp3) is 0.190. The average Bonchev–Trinajstić information content (AvgIpc) is 2.80. The summed E-state index contributed by atoms with van der Waals surface area (Å²) in [6.45, 7) is 3.10. The third-order valence-electron chi connectivity index (χ3n) is 5.06. The van der Waals surface area contributed by atoms with Crippen LogP contribution in [0.5, 0.6) is 0 Å². The number of hydrogen-bond donors (Lipinski definition) is 0. The molecule has 0 N–H and O–H groups in total. The highest BCUT2D eigenvalue weighted by Gasteiger charge is 2.20. The first kappa shape index (κ1) is 17.3. The normalized spacial score (nSPS) is 14.3. The number of anilines is 2. The summed E-state index contributed by atoms with van der Waals surface area (Å²) in [6, 6.07) is 16.8. The Balaban J connectivity index is 1.30. The van der Waals surface area contributed by atoms with Crippen LogP contribution in [0.3, 0.4) is 0 Å². The lowest BCUT2D eigenvalue weighted by Gasteiger charge is -2.35. The first-order valence-corrected chi connectivity index (χ1v) is 9.51. The molecule has 0 spiro atoms. The van der Waals surface area contributed by atoms with E-state index < -0.39 is 0 Å². The molecule has 29 heavy (non-hydrogen) atoms. The molecular weight excluding hydrogens is 366 g/mol. The number of fused-ring (bicyclic) bond motifs is 1. The molecule has 1 aliphatic rings. The fourth-order valence-corrected chi connectivity index (χ4v) is 3.51. The van der Waals surface area contributed by atoms with Gasteiger partial charge in [-0.1, -0.05) is 12.1 Å². The van der Waals surface area contributed by atoms with Gasteiger partial charge in [-0.05, 0) is 36.4 Å². The van der Waals surface area contributed by atoms with Gasteiger partial charge in [0.15, 0.2) is 5.82 Å². The van der Waals surface area contributed by atoms with Crippen LogP contribution in [0.2, 0.25) is 0 Å². The van der Waals surface area contributed by atoms with Gasteiger partial charge in [-0.2, -0.15) is 0 Å². The zero-order chi connectivity index (χ0) is 19.6. The van der Waals surface area contributed by atoms with Gasteiger partial charge in [0, 0.05) is 44.6 Å². The molecule has 0 aromatic carbocycles. The summed E-state index contributed by atoms with van der Waals surface area (Å²) in [7, 11) is 0. The molecule has 144 valence electrons. The lowest BCUT2D eigenvalue weighted by molar-refractivity contribution is 0.638. The second-order valence-electron chi connectivity index (χ2n) is 6.85. The van der Waals surface area contributed by atoms with E-state index in [1.165, 1.54) is 0 Å². The second kappa shape index (κ2) is 7.31. The highest BCUT2D eigenvalue weighted by atomic mass is 16.1. The molecule has 0 radical (unpaired) electrons. The van der Waals surface area contributed by atoms with Gasteiger partial charge in [0.05, 0.1) is 5.69 Å². The molecule has 1 saturated heterocycles. The molecule has 4 aromatic heterocycles. The Labute approximate surface area is 167 Å². The van der Waals surface area contributed by atoms with E-state index in [0.29, 0.717) is 5.65 Å². The largest absolute Gasteiger partial charge is 0.353 e. The first-order valence-electron chi connectivity index (χ1n) is 9.51. The number of hydrogen-bond acceptors (Lipinski definition) is 7. The number of piperazine rings is 1. The summed E-state index contributed by atoms with van der Waals surface area (Å²) in [5.74, 6) is 1.56. The number of pyridine rings is 2. The molecule has 4 aromatic rings. The predicted octanol–water partition coefficient (Wildman–Crippen LogP) is 1.87. The SMILES string of the molecule is O=c1cc(N2CCN(c3ccc(-c4ccccn4)nn3)CC2)nc2ccccn12.